The number of hydrogen-bond acceptors (Lipinski definition) is 6. The van der Waals surface area contributed by atoms with Crippen LogP contribution in [0.3, 0.4) is 0 Å². The van der Waals surface area contributed by atoms with Gasteiger partial charge >= 0.3 is 11.7 Å². The van der Waals surface area contributed by atoms with E-state index in [1.54, 1.807) is 0 Å². The second kappa shape index (κ2) is 6.18. The number of hydrogen-bond donors (Lipinski definition) is 4. The van der Waals surface area contributed by atoms with Crippen molar-refractivity contribution < 1.29 is 29.8 Å². The lowest BCUT2D eigenvalue weighted by molar-refractivity contribution is -0.386. The van der Waals surface area contributed by atoms with Crippen molar-refractivity contribution in [1.82, 2.24) is 5.32 Å². The summed E-state index contributed by atoms with van der Waals surface area (Å²) in [6, 6.07) is 0.763. The summed E-state index contributed by atoms with van der Waals surface area (Å²) in [7, 11) is 0. The quantitative estimate of drug-likeness (QED) is 0.447. The Hall–Kier alpha value is -2.68. The third-order valence-electron chi connectivity index (χ3n) is 2.82. The van der Waals surface area contributed by atoms with Crippen LogP contribution < -0.4 is 5.32 Å². The fourth-order valence-electron chi connectivity index (χ4n) is 1.66. The van der Waals surface area contributed by atoms with E-state index in [1.165, 1.54) is 13.0 Å². The lowest BCUT2D eigenvalue weighted by Gasteiger charge is -2.17. The molecule has 0 unspecified atom stereocenters. The summed E-state index contributed by atoms with van der Waals surface area (Å²) in [5.41, 5.74) is -1.11. The lowest BCUT2D eigenvalue weighted by Crippen LogP contribution is -2.47. The summed E-state index contributed by atoms with van der Waals surface area (Å²) in [4.78, 5) is 32.9. The van der Waals surface area contributed by atoms with Crippen LogP contribution in [0.4, 0.5) is 5.69 Å². The Morgan fingerprint density at radius 1 is 1.38 bits per heavy atom. The van der Waals surface area contributed by atoms with Gasteiger partial charge < -0.3 is 20.6 Å². The monoisotopic (exact) mass is 298 g/mol. The Kier molecular flexibility index (Phi) is 4.82. The van der Waals surface area contributed by atoms with Crippen LogP contribution in [0.15, 0.2) is 12.1 Å². The molecule has 1 aromatic carbocycles. The van der Waals surface area contributed by atoms with Crippen LogP contribution in [0.1, 0.15) is 22.8 Å². The van der Waals surface area contributed by atoms with Crippen LogP contribution in [0.25, 0.3) is 0 Å². The number of nitro groups is 1. The van der Waals surface area contributed by atoms with Crippen LogP contribution >= 0.6 is 0 Å². The first kappa shape index (κ1) is 16.4. The normalized spacial score (nSPS) is 13.3. The second-order valence-electron chi connectivity index (χ2n) is 4.41. The van der Waals surface area contributed by atoms with Gasteiger partial charge in [-0.1, -0.05) is 6.07 Å². The van der Waals surface area contributed by atoms with Gasteiger partial charge in [0.1, 0.15) is 5.56 Å². The number of nitro benzene ring substituents is 1. The molecule has 0 saturated heterocycles. The highest BCUT2D eigenvalue weighted by atomic mass is 16.6. The number of aliphatic carboxylic acids is 1. The van der Waals surface area contributed by atoms with Crippen molar-refractivity contribution in [2.24, 2.45) is 0 Å². The van der Waals surface area contributed by atoms with E-state index in [9.17, 15) is 29.9 Å². The Morgan fingerprint density at radius 3 is 2.38 bits per heavy atom. The zero-order valence-electron chi connectivity index (χ0n) is 11.2. The maximum absolute atomic E-state index is 12.0. The van der Waals surface area contributed by atoms with Crippen LogP contribution in [-0.4, -0.2) is 44.3 Å². The van der Waals surface area contributed by atoms with Crippen molar-refractivity contribution in [3.05, 3.63) is 33.4 Å². The third-order valence-corrected chi connectivity index (χ3v) is 2.82. The summed E-state index contributed by atoms with van der Waals surface area (Å²) in [5, 5.41) is 40.7. The minimum Gasteiger partial charge on any atom is -0.502 e. The number of nitrogens with one attached hydrogen (secondary N) is 1. The highest BCUT2D eigenvalue weighted by molar-refractivity contribution is 6.01. The largest absolute Gasteiger partial charge is 0.502 e. The first-order valence-corrected chi connectivity index (χ1v) is 5.85. The predicted molar refractivity (Wildman–Crippen MR) is 70.1 cm³/mol. The number of carboxylic acids is 1. The molecule has 1 rings (SSSR count). The summed E-state index contributed by atoms with van der Waals surface area (Å²) in [5.74, 6) is -3.24. The number of amides is 1. The Balaban J connectivity index is 3.22. The molecule has 9 nitrogen and oxygen atoms in total. The molecular weight excluding hydrogens is 284 g/mol. The van der Waals surface area contributed by atoms with Gasteiger partial charge in [-0.05, 0) is 25.5 Å². The number of carbonyl (C=O) groups is 2. The minimum absolute atomic E-state index is 0.198. The van der Waals surface area contributed by atoms with E-state index in [4.69, 9.17) is 5.11 Å². The number of aryl methyl sites for hydroxylation is 1. The number of phenols is 1. The number of carbonyl (C=O) groups excluding carboxylic acids is 1. The van der Waals surface area contributed by atoms with Crippen molar-refractivity contribution in [3.63, 3.8) is 0 Å². The number of nitrogens with zero attached hydrogens (tertiary/aromatic N) is 1. The molecule has 0 spiro atoms. The van der Waals surface area contributed by atoms with Gasteiger partial charge in [-0.3, -0.25) is 14.9 Å². The van der Waals surface area contributed by atoms with Crippen LogP contribution in [0, 0.1) is 17.0 Å². The number of aromatic hydroxyl groups is 1. The number of carboxylic acid groups (broad SMARTS) is 1. The number of phenolic OH excluding ortho intramolecular Hbond substituents is 1. The van der Waals surface area contributed by atoms with Crippen LogP contribution in [0.2, 0.25) is 0 Å². The van der Waals surface area contributed by atoms with Gasteiger partial charge in [-0.15, -0.1) is 0 Å². The van der Waals surface area contributed by atoms with E-state index in [2.05, 4.69) is 0 Å². The smallest absolute Gasteiger partial charge is 0.328 e. The fourth-order valence-corrected chi connectivity index (χ4v) is 1.66. The summed E-state index contributed by atoms with van der Waals surface area (Å²) in [6.07, 6.45) is -1.40. The molecule has 1 amide bonds. The molecule has 0 aliphatic carbocycles. The Bertz CT molecular complexity index is 598. The van der Waals surface area contributed by atoms with Crippen molar-refractivity contribution in [1.29, 1.82) is 0 Å². The maximum atomic E-state index is 12.0. The summed E-state index contributed by atoms with van der Waals surface area (Å²) >= 11 is 0. The van der Waals surface area contributed by atoms with E-state index >= 15 is 0 Å². The number of benzene rings is 1. The first-order valence-electron chi connectivity index (χ1n) is 5.85. The molecule has 9 heteroatoms. The van der Waals surface area contributed by atoms with Crippen molar-refractivity contribution >= 4 is 17.6 Å². The van der Waals surface area contributed by atoms with Gasteiger partial charge in [-0.2, -0.15) is 0 Å². The van der Waals surface area contributed by atoms with E-state index in [0.717, 1.165) is 13.0 Å². The molecule has 0 bridgehead atoms. The molecule has 0 fully saturated rings. The topological polar surface area (TPSA) is 150 Å². The average molecular weight is 298 g/mol. The van der Waals surface area contributed by atoms with Crippen LogP contribution in [-0.2, 0) is 4.79 Å². The van der Waals surface area contributed by atoms with E-state index in [1.807, 2.05) is 5.32 Å². The molecule has 114 valence electrons. The first-order chi connectivity index (χ1) is 9.66. The van der Waals surface area contributed by atoms with E-state index in [-0.39, 0.29) is 5.56 Å². The third kappa shape index (κ3) is 3.45. The Morgan fingerprint density at radius 2 is 1.95 bits per heavy atom. The summed E-state index contributed by atoms with van der Waals surface area (Å²) < 4.78 is 0. The molecule has 0 aromatic heterocycles. The zero-order valence-corrected chi connectivity index (χ0v) is 11.2. The zero-order chi connectivity index (χ0) is 16.3. The highest BCUT2D eigenvalue weighted by Gasteiger charge is 2.30. The fraction of sp³-hybridized carbons (Fsp3) is 0.333. The van der Waals surface area contributed by atoms with Gasteiger partial charge in [0, 0.05) is 0 Å². The highest BCUT2D eigenvalue weighted by Crippen LogP contribution is 2.32. The van der Waals surface area contributed by atoms with Crippen molar-refractivity contribution in [2.45, 2.75) is 26.0 Å². The Labute approximate surface area is 119 Å². The number of aliphatic hydroxyl groups excluding tert-OH is 1. The minimum atomic E-state index is -1.62. The lowest BCUT2D eigenvalue weighted by atomic mass is 10.1. The van der Waals surface area contributed by atoms with Gasteiger partial charge in [0.05, 0.1) is 11.0 Å². The van der Waals surface area contributed by atoms with Crippen molar-refractivity contribution in [2.75, 3.05) is 0 Å². The van der Waals surface area contributed by atoms with E-state index < -0.39 is 45.9 Å². The van der Waals surface area contributed by atoms with Gasteiger partial charge in [0.15, 0.2) is 11.8 Å². The van der Waals surface area contributed by atoms with Crippen molar-refractivity contribution in [3.8, 4) is 5.75 Å². The number of aliphatic hydroxyl groups is 1. The van der Waals surface area contributed by atoms with Gasteiger partial charge in [0.25, 0.3) is 5.91 Å². The molecular formula is C12H14N2O7. The predicted octanol–water partition coefficient (Wildman–Crippen LogP) is 0.173. The molecule has 2 atom stereocenters. The van der Waals surface area contributed by atoms with Crippen LogP contribution in [0.5, 0.6) is 5.75 Å². The molecule has 0 radical (unpaired) electrons. The number of rotatable bonds is 5. The van der Waals surface area contributed by atoms with Gasteiger partial charge in [0.2, 0.25) is 0 Å². The maximum Gasteiger partial charge on any atom is 0.328 e. The van der Waals surface area contributed by atoms with E-state index in [0.29, 0.717) is 0 Å². The molecule has 0 saturated carbocycles. The standard InChI is InChI=1S/C12H14N2O7/c1-5-3-4-7(9(10(5)16)14(20)21)11(17)13-8(6(2)15)12(18)19/h3-4,6,8,15-16H,1-2H3,(H,13,17)(H,18,19)/t6-,8+/m1/s1. The second-order valence-corrected chi connectivity index (χ2v) is 4.41. The average Bonchev–Trinajstić information content (AvgIpc) is 2.37. The summed E-state index contributed by atoms with van der Waals surface area (Å²) in [6.45, 7) is 2.57. The molecule has 21 heavy (non-hydrogen) atoms. The molecule has 4 N–H and O–H groups in total. The molecule has 0 aliphatic heterocycles. The molecule has 0 heterocycles. The molecule has 0 aliphatic rings. The molecule has 1 aromatic rings. The van der Waals surface area contributed by atoms with Gasteiger partial charge in [-0.25, -0.2) is 4.79 Å². The SMILES string of the molecule is Cc1ccc(C(=O)N[C@H](C(=O)O)[C@@H](C)O)c([N+](=O)[O-])c1O.